The largest absolute Gasteiger partial charge is 0.393 e. The van der Waals surface area contributed by atoms with Gasteiger partial charge in [0.1, 0.15) is 6.23 Å². The van der Waals surface area contributed by atoms with Crippen molar-refractivity contribution in [3.63, 3.8) is 0 Å². The molecule has 0 bridgehead atoms. The zero-order chi connectivity index (χ0) is 11.8. The third kappa shape index (κ3) is 1.94. The first-order valence-electron chi connectivity index (χ1n) is 5.14. The number of hydrogen-bond donors (Lipinski definition) is 2. The van der Waals surface area contributed by atoms with E-state index in [0.29, 0.717) is 12.8 Å². The van der Waals surface area contributed by atoms with E-state index in [9.17, 15) is 9.59 Å². The lowest BCUT2D eigenvalue weighted by Gasteiger charge is -2.22. The first kappa shape index (κ1) is 11.1. The molecule has 6 heteroatoms. The predicted octanol–water partition coefficient (Wildman–Crippen LogP) is -0.403. The third-order valence-corrected chi connectivity index (χ3v) is 2.84. The molecule has 0 aromatic carbocycles. The van der Waals surface area contributed by atoms with Crippen LogP contribution in [0.5, 0.6) is 0 Å². The molecule has 0 aliphatic carbocycles. The number of nitrogens with one attached hydrogen (secondary N) is 1. The van der Waals surface area contributed by atoms with Gasteiger partial charge in [0.05, 0.1) is 12.2 Å². The zero-order valence-electron chi connectivity index (χ0n) is 8.97. The topological polar surface area (TPSA) is 84.3 Å². The van der Waals surface area contributed by atoms with Crippen LogP contribution in [0.4, 0.5) is 0 Å². The van der Waals surface area contributed by atoms with Crippen LogP contribution in [0.15, 0.2) is 21.9 Å². The molecular formula is C10H14N2O4. The van der Waals surface area contributed by atoms with Gasteiger partial charge in [0.15, 0.2) is 0 Å². The Morgan fingerprint density at radius 2 is 2.44 bits per heavy atom. The molecule has 1 aliphatic heterocycles. The summed E-state index contributed by atoms with van der Waals surface area (Å²) in [5.41, 5.74) is -1.51. The van der Waals surface area contributed by atoms with Crippen LogP contribution in [0.3, 0.4) is 0 Å². The highest BCUT2D eigenvalue weighted by Gasteiger charge is 2.36. The van der Waals surface area contributed by atoms with Gasteiger partial charge in [0, 0.05) is 12.3 Å². The lowest BCUT2D eigenvalue weighted by atomic mass is 10.0. The Morgan fingerprint density at radius 1 is 1.69 bits per heavy atom. The number of nitrogens with zero attached hydrogens (tertiary/aromatic N) is 1. The minimum Gasteiger partial charge on any atom is -0.393 e. The van der Waals surface area contributed by atoms with E-state index in [4.69, 9.17) is 9.84 Å². The molecule has 1 saturated heterocycles. The normalized spacial score (nSPS) is 29.5. The van der Waals surface area contributed by atoms with Crippen LogP contribution < -0.4 is 11.2 Å². The van der Waals surface area contributed by atoms with Gasteiger partial charge in [-0.2, -0.15) is 0 Å². The average Bonchev–Trinajstić information content (AvgIpc) is 2.62. The summed E-state index contributed by atoms with van der Waals surface area (Å²) in [4.78, 5) is 24.6. The number of ether oxygens (including phenoxy) is 1. The second-order valence-electron chi connectivity index (χ2n) is 4.24. The van der Waals surface area contributed by atoms with Gasteiger partial charge in [-0.05, 0) is 19.8 Å². The van der Waals surface area contributed by atoms with Gasteiger partial charge >= 0.3 is 5.69 Å². The summed E-state index contributed by atoms with van der Waals surface area (Å²) < 4.78 is 6.93. The summed E-state index contributed by atoms with van der Waals surface area (Å²) in [6, 6.07) is 1.28. The maximum atomic E-state index is 11.5. The number of rotatable bonds is 2. The van der Waals surface area contributed by atoms with Crippen molar-refractivity contribution in [3.8, 4) is 0 Å². The van der Waals surface area contributed by atoms with Gasteiger partial charge < -0.3 is 9.84 Å². The summed E-state index contributed by atoms with van der Waals surface area (Å²) in [5, 5.41) is 9.13. The summed E-state index contributed by atoms with van der Waals surface area (Å²) in [7, 11) is 0. The van der Waals surface area contributed by atoms with Crippen LogP contribution >= 0.6 is 0 Å². The van der Waals surface area contributed by atoms with Crippen molar-refractivity contribution >= 4 is 0 Å². The number of aromatic amines is 1. The van der Waals surface area contributed by atoms with Crippen molar-refractivity contribution in [2.75, 3.05) is 6.61 Å². The van der Waals surface area contributed by atoms with E-state index in [-0.39, 0.29) is 6.61 Å². The van der Waals surface area contributed by atoms with E-state index in [1.807, 2.05) is 0 Å². The quantitative estimate of drug-likeness (QED) is 0.718. The summed E-state index contributed by atoms with van der Waals surface area (Å²) in [6.45, 7) is 1.71. The van der Waals surface area contributed by atoms with Crippen molar-refractivity contribution < 1.29 is 9.84 Å². The van der Waals surface area contributed by atoms with E-state index >= 15 is 0 Å². The highest BCUT2D eigenvalue weighted by atomic mass is 16.5. The minimum atomic E-state index is -0.597. The van der Waals surface area contributed by atoms with Crippen LogP contribution in [0.2, 0.25) is 0 Å². The maximum Gasteiger partial charge on any atom is 0.330 e. The highest BCUT2D eigenvalue weighted by Crippen LogP contribution is 2.34. The van der Waals surface area contributed by atoms with Gasteiger partial charge in [-0.1, -0.05) is 0 Å². The van der Waals surface area contributed by atoms with E-state index < -0.39 is 23.1 Å². The zero-order valence-corrected chi connectivity index (χ0v) is 8.97. The van der Waals surface area contributed by atoms with Crippen LogP contribution in [0.25, 0.3) is 0 Å². The summed E-state index contributed by atoms with van der Waals surface area (Å²) in [6.07, 6.45) is 2.32. The second kappa shape index (κ2) is 3.88. The number of aliphatic hydroxyl groups is 1. The Morgan fingerprint density at radius 3 is 3.00 bits per heavy atom. The van der Waals surface area contributed by atoms with Crippen LogP contribution in [0.1, 0.15) is 26.0 Å². The van der Waals surface area contributed by atoms with Gasteiger partial charge in [-0.25, -0.2) is 4.79 Å². The highest BCUT2D eigenvalue weighted by molar-refractivity contribution is 4.89. The predicted molar refractivity (Wildman–Crippen MR) is 56.2 cm³/mol. The van der Waals surface area contributed by atoms with Crippen molar-refractivity contribution in [3.05, 3.63) is 33.1 Å². The Kier molecular flexibility index (Phi) is 2.69. The molecule has 88 valence electrons. The number of H-pyrrole nitrogens is 1. The molecule has 1 aromatic rings. The lowest BCUT2D eigenvalue weighted by molar-refractivity contribution is -0.0881. The molecule has 1 aliphatic rings. The molecule has 2 heterocycles. The molecule has 2 rings (SSSR count). The summed E-state index contributed by atoms with van der Waals surface area (Å²) >= 11 is 0. The smallest absolute Gasteiger partial charge is 0.330 e. The Hall–Kier alpha value is -1.40. The number of aliphatic hydroxyl groups excluding tert-OH is 1. The van der Waals surface area contributed by atoms with Gasteiger partial charge in [-0.3, -0.25) is 14.3 Å². The van der Waals surface area contributed by atoms with Crippen molar-refractivity contribution in [2.45, 2.75) is 31.6 Å². The molecule has 1 fully saturated rings. The van der Waals surface area contributed by atoms with E-state index in [0.717, 1.165) is 0 Å². The van der Waals surface area contributed by atoms with Gasteiger partial charge in [-0.15, -0.1) is 0 Å². The molecule has 16 heavy (non-hydrogen) atoms. The molecule has 2 N–H and O–H groups in total. The molecule has 1 aromatic heterocycles. The molecule has 6 nitrogen and oxygen atoms in total. The van der Waals surface area contributed by atoms with Crippen LogP contribution in [0, 0.1) is 0 Å². The SMILES string of the molecule is CC1(CO)CCC(n2ccc(=O)[nH]c2=O)O1. The van der Waals surface area contributed by atoms with Crippen molar-refractivity contribution in [1.82, 2.24) is 9.55 Å². The molecule has 0 radical (unpaired) electrons. The second-order valence-corrected chi connectivity index (χ2v) is 4.24. The maximum absolute atomic E-state index is 11.5. The Labute approximate surface area is 91.5 Å². The van der Waals surface area contributed by atoms with E-state index in [1.165, 1.54) is 16.8 Å². The van der Waals surface area contributed by atoms with Gasteiger partial charge in [0.2, 0.25) is 0 Å². The summed E-state index contributed by atoms with van der Waals surface area (Å²) in [5.74, 6) is 0. The van der Waals surface area contributed by atoms with Crippen molar-refractivity contribution in [2.24, 2.45) is 0 Å². The standard InChI is InChI=1S/C10H14N2O4/c1-10(6-13)4-2-8(16-10)12-5-3-7(14)11-9(12)15/h3,5,8,13H,2,4,6H2,1H3,(H,11,14,15). The van der Waals surface area contributed by atoms with Crippen LogP contribution in [-0.4, -0.2) is 26.9 Å². The number of hydrogen-bond acceptors (Lipinski definition) is 4. The minimum absolute atomic E-state index is 0.0817. The average molecular weight is 226 g/mol. The first-order chi connectivity index (χ1) is 7.54. The fraction of sp³-hybridized carbons (Fsp3) is 0.600. The van der Waals surface area contributed by atoms with Crippen LogP contribution in [-0.2, 0) is 4.74 Å². The molecule has 0 saturated carbocycles. The fourth-order valence-electron chi connectivity index (χ4n) is 1.84. The molecular weight excluding hydrogens is 212 g/mol. The van der Waals surface area contributed by atoms with E-state index in [2.05, 4.69) is 4.98 Å². The first-order valence-corrected chi connectivity index (χ1v) is 5.14. The molecule has 0 amide bonds. The Bertz CT molecular complexity index is 492. The molecule has 2 atom stereocenters. The Balaban J connectivity index is 2.27. The van der Waals surface area contributed by atoms with Crippen molar-refractivity contribution in [1.29, 1.82) is 0 Å². The molecule has 0 spiro atoms. The lowest BCUT2D eigenvalue weighted by Crippen LogP contribution is -2.34. The van der Waals surface area contributed by atoms with E-state index in [1.54, 1.807) is 6.92 Å². The van der Waals surface area contributed by atoms with Gasteiger partial charge in [0.25, 0.3) is 5.56 Å². The third-order valence-electron chi connectivity index (χ3n) is 2.84. The molecule has 2 unspecified atom stereocenters. The monoisotopic (exact) mass is 226 g/mol. The number of aromatic nitrogens is 2. The fourth-order valence-corrected chi connectivity index (χ4v) is 1.84.